The average Bonchev–Trinajstić information content (AvgIpc) is 2.76. The van der Waals surface area contributed by atoms with Crippen LogP contribution in [0.3, 0.4) is 0 Å². The number of benzene rings is 2. The van der Waals surface area contributed by atoms with Crippen molar-refractivity contribution >= 4 is 27.5 Å². The smallest absolute Gasteiger partial charge is 0.262 e. The maximum absolute atomic E-state index is 13.1. The van der Waals surface area contributed by atoms with E-state index >= 15 is 0 Å². The molecule has 1 aliphatic heterocycles. The molecule has 2 aromatic carbocycles. The summed E-state index contributed by atoms with van der Waals surface area (Å²) in [4.78, 5) is 27.3. The molecule has 1 heterocycles. The Morgan fingerprint density at radius 3 is 2.62 bits per heavy atom. The Bertz CT molecular complexity index is 1100. The zero-order valence-corrected chi connectivity index (χ0v) is 19.7. The molecule has 1 saturated heterocycles. The Labute approximate surface area is 190 Å². The number of rotatable bonds is 7. The van der Waals surface area contributed by atoms with Gasteiger partial charge in [0.15, 0.2) is 0 Å². The van der Waals surface area contributed by atoms with Crippen LogP contribution in [0, 0.1) is 19.8 Å². The van der Waals surface area contributed by atoms with Crippen molar-refractivity contribution in [1.29, 1.82) is 0 Å². The summed E-state index contributed by atoms with van der Waals surface area (Å²) in [6, 6.07) is 11.6. The number of piperidine rings is 1. The molecule has 1 fully saturated rings. The molecule has 0 aliphatic carbocycles. The highest BCUT2D eigenvalue weighted by Gasteiger charge is 2.29. The largest absolute Gasteiger partial charge is 0.356 e. The minimum absolute atomic E-state index is 0.0145. The molecule has 3 rings (SSSR count). The van der Waals surface area contributed by atoms with Gasteiger partial charge >= 0.3 is 0 Å². The zero-order chi connectivity index (χ0) is 23.3. The number of nitrogens with one attached hydrogen (secondary N) is 2. The summed E-state index contributed by atoms with van der Waals surface area (Å²) in [5.74, 6) is -0.435. The standard InChI is InChI=1S/C24H31N3O4S/c1-4-12-25-23(28)20-8-6-13-27(16-20)24(29)19-7-5-9-21(15-19)26-32(30,31)22-11-10-17(2)14-18(22)3/h5,7,9-11,14-15,20,26H,4,6,8,12-13,16H2,1-3H3,(H,25,28). The van der Waals surface area contributed by atoms with E-state index in [1.54, 1.807) is 48.2 Å². The van der Waals surface area contributed by atoms with E-state index in [0.717, 1.165) is 24.8 Å². The zero-order valence-electron chi connectivity index (χ0n) is 18.8. The van der Waals surface area contributed by atoms with Crippen molar-refractivity contribution in [3.05, 3.63) is 59.2 Å². The van der Waals surface area contributed by atoms with Crippen molar-refractivity contribution in [3.8, 4) is 0 Å². The van der Waals surface area contributed by atoms with Crippen LogP contribution < -0.4 is 10.0 Å². The molecule has 2 aromatic rings. The summed E-state index contributed by atoms with van der Waals surface area (Å²) in [5, 5.41) is 2.91. The molecule has 1 unspecified atom stereocenters. The number of carbonyl (C=O) groups is 2. The molecule has 0 saturated carbocycles. The predicted molar refractivity (Wildman–Crippen MR) is 125 cm³/mol. The lowest BCUT2D eigenvalue weighted by Gasteiger charge is -2.32. The number of nitrogens with zero attached hydrogens (tertiary/aromatic N) is 1. The van der Waals surface area contributed by atoms with Crippen LogP contribution in [0.25, 0.3) is 0 Å². The van der Waals surface area contributed by atoms with Crippen LogP contribution in [0.2, 0.25) is 0 Å². The predicted octanol–water partition coefficient (Wildman–Crippen LogP) is 3.48. The minimum atomic E-state index is -3.78. The molecule has 0 aromatic heterocycles. The van der Waals surface area contributed by atoms with Gasteiger partial charge in [0.05, 0.1) is 10.8 Å². The summed E-state index contributed by atoms with van der Waals surface area (Å²) in [6.07, 6.45) is 2.38. The lowest BCUT2D eigenvalue weighted by atomic mass is 9.96. The van der Waals surface area contributed by atoms with E-state index in [9.17, 15) is 18.0 Å². The minimum Gasteiger partial charge on any atom is -0.356 e. The number of hydrogen-bond donors (Lipinski definition) is 2. The first-order valence-electron chi connectivity index (χ1n) is 11.0. The molecule has 8 heteroatoms. The maximum Gasteiger partial charge on any atom is 0.262 e. The van der Waals surface area contributed by atoms with Gasteiger partial charge in [-0.05, 0) is 62.9 Å². The van der Waals surface area contributed by atoms with E-state index in [2.05, 4.69) is 10.0 Å². The molecule has 32 heavy (non-hydrogen) atoms. The van der Waals surface area contributed by atoms with E-state index in [1.165, 1.54) is 0 Å². The highest BCUT2D eigenvalue weighted by Crippen LogP contribution is 2.23. The van der Waals surface area contributed by atoms with Gasteiger partial charge in [-0.25, -0.2) is 8.42 Å². The number of anilines is 1. The van der Waals surface area contributed by atoms with Crippen LogP contribution in [-0.4, -0.2) is 44.8 Å². The Morgan fingerprint density at radius 2 is 1.91 bits per heavy atom. The molecule has 172 valence electrons. The first kappa shape index (κ1) is 23.8. The third-order valence-corrected chi connectivity index (χ3v) is 7.15. The van der Waals surface area contributed by atoms with E-state index in [-0.39, 0.29) is 22.6 Å². The van der Waals surface area contributed by atoms with Crippen LogP contribution in [0.15, 0.2) is 47.4 Å². The highest BCUT2D eigenvalue weighted by atomic mass is 32.2. The molecular formula is C24H31N3O4S. The monoisotopic (exact) mass is 457 g/mol. The van der Waals surface area contributed by atoms with E-state index in [1.807, 2.05) is 19.9 Å². The van der Waals surface area contributed by atoms with E-state index < -0.39 is 10.0 Å². The third-order valence-electron chi connectivity index (χ3n) is 5.61. The molecule has 1 aliphatic rings. The third kappa shape index (κ3) is 5.68. The molecule has 0 spiro atoms. The van der Waals surface area contributed by atoms with Crippen LogP contribution in [0.1, 0.15) is 47.7 Å². The molecular weight excluding hydrogens is 426 g/mol. The van der Waals surface area contributed by atoms with Crippen molar-refractivity contribution in [2.24, 2.45) is 5.92 Å². The molecule has 7 nitrogen and oxygen atoms in total. The second-order valence-electron chi connectivity index (χ2n) is 8.34. The summed E-state index contributed by atoms with van der Waals surface area (Å²) in [6.45, 7) is 7.24. The van der Waals surface area contributed by atoms with Gasteiger partial charge in [-0.3, -0.25) is 14.3 Å². The number of carbonyl (C=O) groups excluding carboxylic acids is 2. The normalized spacial score (nSPS) is 16.5. The SMILES string of the molecule is CCCNC(=O)C1CCCN(C(=O)c2cccc(NS(=O)(=O)c3ccc(C)cc3C)c2)C1. The van der Waals surface area contributed by atoms with Crippen molar-refractivity contribution in [3.63, 3.8) is 0 Å². The maximum atomic E-state index is 13.1. The van der Waals surface area contributed by atoms with Gasteiger partial charge in [-0.15, -0.1) is 0 Å². The van der Waals surface area contributed by atoms with Crippen LogP contribution in [0.4, 0.5) is 5.69 Å². The van der Waals surface area contributed by atoms with Crippen LogP contribution >= 0.6 is 0 Å². The topological polar surface area (TPSA) is 95.6 Å². The number of aryl methyl sites for hydroxylation is 2. The Hall–Kier alpha value is -2.87. The Morgan fingerprint density at radius 1 is 1.12 bits per heavy atom. The second-order valence-corrected chi connectivity index (χ2v) is 9.99. The fraction of sp³-hybridized carbons (Fsp3) is 0.417. The van der Waals surface area contributed by atoms with Gasteiger partial charge in [0, 0.05) is 30.9 Å². The van der Waals surface area contributed by atoms with Crippen molar-refractivity contribution < 1.29 is 18.0 Å². The van der Waals surface area contributed by atoms with E-state index in [0.29, 0.717) is 36.4 Å². The highest BCUT2D eigenvalue weighted by molar-refractivity contribution is 7.92. The van der Waals surface area contributed by atoms with E-state index in [4.69, 9.17) is 0 Å². The van der Waals surface area contributed by atoms with Gasteiger partial charge in [-0.2, -0.15) is 0 Å². The number of sulfonamides is 1. The molecule has 1 atom stereocenters. The summed E-state index contributed by atoms with van der Waals surface area (Å²) in [7, 11) is -3.78. The number of hydrogen-bond acceptors (Lipinski definition) is 4. The first-order chi connectivity index (χ1) is 15.2. The molecule has 0 bridgehead atoms. The summed E-state index contributed by atoms with van der Waals surface area (Å²) >= 11 is 0. The molecule has 0 radical (unpaired) electrons. The first-order valence-corrected chi connectivity index (χ1v) is 12.5. The second kappa shape index (κ2) is 10.2. The van der Waals surface area contributed by atoms with Gasteiger partial charge in [0.1, 0.15) is 0 Å². The summed E-state index contributed by atoms with van der Waals surface area (Å²) in [5.41, 5.74) is 2.35. The van der Waals surface area contributed by atoms with Gasteiger partial charge < -0.3 is 10.2 Å². The Kier molecular flexibility index (Phi) is 7.56. The van der Waals surface area contributed by atoms with Gasteiger partial charge in [0.2, 0.25) is 5.91 Å². The van der Waals surface area contributed by atoms with Crippen molar-refractivity contribution in [2.45, 2.75) is 44.9 Å². The quantitative estimate of drug-likeness (QED) is 0.665. The fourth-order valence-electron chi connectivity index (χ4n) is 3.98. The van der Waals surface area contributed by atoms with Crippen LogP contribution in [-0.2, 0) is 14.8 Å². The molecule has 2 N–H and O–H groups in total. The average molecular weight is 458 g/mol. The molecule has 2 amide bonds. The lowest BCUT2D eigenvalue weighted by molar-refractivity contribution is -0.126. The van der Waals surface area contributed by atoms with Gasteiger partial charge in [-0.1, -0.05) is 30.7 Å². The number of amides is 2. The Balaban J connectivity index is 1.74. The fourth-order valence-corrected chi connectivity index (χ4v) is 5.25. The van der Waals surface area contributed by atoms with Crippen LogP contribution in [0.5, 0.6) is 0 Å². The van der Waals surface area contributed by atoms with Crippen molar-refractivity contribution in [2.75, 3.05) is 24.4 Å². The lowest BCUT2D eigenvalue weighted by Crippen LogP contribution is -2.45. The van der Waals surface area contributed by atoms with Gasteiger partial charge in [0.25, 0.3) is 15.9 Å². The van der Waals surface area contributed by atoms with Crippen molar-refractivity contribution in [1.82, 2.24) is 10.2 Å². The summed E-state index contributed by atoms with van der Waals surface area (Å²) < 4.78 is 28.3. The number of likely N-dealkylation sites (tertiary alicyclic amines) is 1.